The fraction of sp³-hybridized carbons (Fsp3) is 0.269. The smallest absolute Gasteiger partial charge is 0.255 e. The molecule has 33 heavy (non-hydrogen) atoms. The van der Waals surface area contributed by atoms with E-state index in [1.807, 2.05) is 64.1 Å². The van der Waals surface area contributed by atoms with E-state index in [-0.39, 0.29) is 18.6 Å². The maximum absolute atomic E-state index is 12.8. The molecule has 0 saturated heterocycles. The lowest BCUT2D eigenvalue weighted by Gasteiger charge is -2.23. The minimum Gasteiger partial charge on any atom is -0.489 e. The molecule has 0 bridgehead atoms. The molecular weight excluding hydrogens is 436 g/mol. The highest BCUT2D eigenvalue weighted by Gasteiger charge is 2.19. The third kappa shape index (κ3) is 6.35. The molecule has 0 atom stereocenters. The van der Waals surface area contributed by atoms with Crippen molar-refractivity contribution in [2.75, 3.05) is 15.9 Å². The molecule has 3 aromatic rings. The highest BCUT2D eigenvalue weighted by Crippen LogP contribution is 2.26. The van der Waals surface area contributed by atoms with E-state index in [9.17, 15) is 13.2 Å². The van der Waals surface area contributed by atoms with Crippen molar-refractivity contribution in [3.63, 3.8) is 0 Å². The number of para-hydroxylation sites is 2. The molecule has 0 unspecified atom stereocenters. The monoisotopic (exact) mass is 466 g/mol. The lowest BCUT2D eigenvalue weighted by atomic mass is 10.1. The molecule has 6 nitrogen and oxygen atoms in total. The van der Waals surface area contributed by atoms with E-state index < -0.39 is 10.0 Å². The largest absolute Gasteiger partial charge is 0.489 e. The lowest BCUT2D eigenvalue weighted by Crippen LogP contribution is -2.29. The number of nitrogens with one attached hydrogen (secondary N) is 1. The molecular formula is C26H30N2O4S. The second kappa shape index (κ2) is 10.1. The van der Waals surface area contributed by atoms with Crippen molar-refractivity contribution >= 4 is 27.3 Å². The summed E-state index contributed by atoms with van der Waals surface area (Å²) in [6.45, 7) is 7.97. The van der Waals surface area contributed by atoms with E-state index in [1.165, 1.54) is 10.6 Å². The molecule has 3 aromatic carbocycles. The van der Waals surface area contributed by atoms with Crippen molar-refractivity contribution < 1.29 is 17.9 Å². The van der Waals surface area contributed by atoms with Gasteiger partial charge >= 0.3 is 0 Å². The number of ether oxygens (including phenoxy) is 1. The topological polar surface area (TPSA) is 75.7 Å². The summed E-state index contributed by atoms with van der Waals surface area (Å²) in [7, 11) is -3.49. The predicted octanol–water partition coefficient (Wildman–Crippen LogP) is 5.31. The number of anilines is 2. The Hall–Kier alpha value is -3.32. The Morgan fingerprint density at radius 2 is 1.64 bits per heavy atom. The summed E-state index contributed by atoms with van der Waals surface area (Å²) >= 11 is 0. The van der Waals surface area contributed by atoms with Crippen LogP contribution in [0.5, 0.6) is 5.75 Å². The fourth-order valence-corrected chi connectivity index (χ4v) is 4.21. The van der Waals surface area contributed by atoms with Crippen molar-refractivity contribution in [2.45, 2.75) is 40.3 Å². The van der Waals surface area contributed by atoms with Crippen LogP contribution in [0.2, 0.25) is 0 Å². The Kier molecular flexibility index (Phi) is 7.43. The molecule has 0 aliphatic carbocycles. The fourth-order valence-electron chi connectivity index (χ4n) is 3.33. The summed E-state index contributed by atoms with van der Waals surface area (Å²) in [5, 5.41) is 2.88. The zero-order valence-corrected chi connectivity index (χ0v) is 20.4. The number of nitrogens with zero attached hydrogens (tertiary/aromatic N) is 1. The minimum atomic E-state index is -3.49. The molecule has 7 heteroatoms. The Bertz CT molecular complexity index is 1240. The molecule has 0 aromatic heterocycles. The Morgan fingerprint density at radius 3 is 2.24 bits per heavy atom. The molecule has 1 N–H and O–H groups in total. The lowest BCUT2D eigenvalue weighted by molar-refractivity contribution is 0.102. The van der Waals surface area contributed by atoms with Crippen molar-refractivity contribution in [3.05, 3.63) is 89.0 Å². The van der Waals surface area contributed by atoms with Gasteiger partial charge in [0, 0.05) is 5.56 Å². The van der Waals surface area contributed by atoms with Gasteiger partial charge in [-0.25, -0.2) is 8.42 Å². The summed E-state index contributed by atoms with van der Waals surface area (Å²) in [5.41, 5.74) is 4.58. The second-order valence-corrected chi connectivity index (χ2v) is 10.3. The number of aryl methyl sites for hydroxylation is 2. The Morgan fingerprint density at radius 1 is 0.970 bits per heavy atom. The molecule has 0 spiro atoms. The van der Waals surface area contributed by atoms with Crippen LogP contribution in [0.1, 0.15) is 40.9 Å². The van der Waals surface area contributed by atoms with E-state index in [0.29, 0.717) is 22.7 Å². The quantitative estimate of drug-likeness (QED) is 0.488. The molecule has 0 aliphatic heterocycles. The highest BCUT2D eigenvalue weighted by molar-refractivity contribution is 7.92. The first kappa shape index (κ1) is 24.3. The molecule has 174 valence electrons. The summed E-state index contributed by atoms with van der Waals surface area (Å²) < 4.78 is 32.1. The molecule has 1 amide bonds. The molecule has 3 rings (SSSR count). The number of benzene rings is 3. The van der Waals surface area contributed by atoms with E-state index >= 15 is 0 Å². The zero-order chi connectivity index (χ0) is 24.2. The van der Waals surface area contributed by atoms with Crippen LogP contribution in [0.4, 0.5) is 11.4 Å². The molecule has 0 fully saturated rings. The van der Waals surface area contributed by atoms with Gasteiger partial charge in [0.1, 0.15) is 5.75 Å². The van der Waals surface area contributed by atoms with Gasteiger partial charge < -0.3 is 10.1 Å². The summed E-state index contributed by atoms with van der Waals surface area (Å²) in [4.78, 5) is 12.8. The minimum absolute atomic E-state index is 0.0163. The van der Waals surface area contributed by atoms with Crippen molar-refractivity contribution in [3.8, 4) is 5.75 Å². The number of sulfonamides is 1. The average molecular weight is 467 g/mol. The summed E-state index contributed by atoms with van der Waals surface area (Å²) in [5.74, 6) is 0.338. The third-order valence-electron chi connectivity index (χ3n) is 5.22. The van der Waals surface area contributed by atoms with Gasteiger partial charge in [0.15, 0.2) is 0 Å². The maximum atomic E-state index is 12.8. The van der Waals surface area contributed by atoms with Gasteiger partial charge in [0.05, 0.1) is 30.3 Å². The van der Waals surface area contributed by atoms with Gasteiger partial charge in [0.25, 0.3) is 5.91 Å². The predicted molar refractivity (Wildman–Crippen MR) is 134 cm³/mol. The zero-order valence-electron chi connectivity index (χ0n) is 19.6. The van der Waals surface area contributed by atoms with Crippen molar-refractivity contribution in [1.82, 2.24) is 0 Å². The first-order chi connectivity index (χ1) is 15.5. The highest BCUT2D eigenvalue weighted by atomic mass is 32.2. The van der Waals surface area contributed by atoms with Gasteiger partial charge in [-0.1, -0.05) is 30.3 Å². The summed E-state index contributed by atoms with van der Waals surface area (Å²) in [6, 6.07) is 19.8. The van der Waals surface area contributed by atoms with Crippen molar-refractivity contribution in [1.29, 1.82) is 0 Å². The first-order valence-corrected chi connectivity index (χ1v) is 12.6. The number of hydrogen-bond donors (Lipinski definition) is 1. The van der Waals surface area contributed by atoms with E-state index in [2.05, 4.69) is 5.32 Å². The van der Waals surface area contributed by atoms with E-state index in [1.54, 1.807) is 30.3 Å². The second-order valence-electron chi connectivity index (χ2n) is 8.35. The van der Waals surface area contributed by atoms with Crippen LogP contribution >= 0.6 is 0 Å². The van der Waals surface area contributed by atoms with Crippen molar-refractivity contribution in [2.24, 2.45) is 0 Å². The van der Waals surface area contributed by atoms with E-state index in [0.717, 1.165) is 16.7 Å². The van der Waals surface area contributed by atoms with Crippen LogP contribution in [0.3, 0.4) is 0 Å². The van der Waals surface area contributed by atoms with Crippen LogP contribution in [-0.4, -0.2) is 26.7 Å². The van der Waals surface area contributed by atoms with Gasteiger partial charge in [-0.2, -0.15) is 0 Å². The first-order valence-electron chi connectivity index (χ1n) is 10.8. The molecule has 0 heterocycles. The van der Waals surface area contributed by atoms with E-state index in [4.69, 9.17) is 4.74 Å². The number of hydrogen-bond acceptors (Lipinski definition) is 4. The molecule has 0 radical (unpaired) electrons. The average Bonchev–Trinajstić information content (AvgIpc) is 2.75. The summed E-state index contributed by atoms with van der Waals surface area (Å²) in [6.07, 6.45) is 1.18. The van der Waals surface area contributed by atoms with Crippen LogP contribution in [-0.2, 0) is 16.6 Å². The van der Waals surface area contributed by atoms with Gasteiger partial charge in [-0.3, -0.25) is 9.10 Å². The number of carbonyl (C=O) groups excluding carboxylic acids is 1. The molecule has 0 saturated carbocycles. The normalized spacial score (nSPS) is 11.3. The van der Waals surface area contributed by atoms with Gasteiger partial charge in [-0.05, 0) is 80.8 Å². The SMILES string of the molecule is Cc1ccc(N(Cc2ccc(C(=O)Nc3ccccc3OC(C)C)cc2)S(C)(=O)=O)cc1C. The van der Waals surface area contributed by atoms with Gasteiger partial charge in [-0.15, -0.1) is 0 Å². The standard InChI is InChI=1S/C26H30N2O4S/c1-18(2)32-25-9-7-6-8-24(25)27-26(29)22-13-11-21(12-14-22)17-28(33(5,30)31)23-15-10-19(3)20(4)16-23/h6-16,18H,17H2,1-5H3,(H,27,29). The number of amides is 1. The third-order valence-corrected chi connectivity index (χ3v) is 6.36. The maximum Gasteiger partial charge on any atom is 0.255 e. The Balaban J connectivity index is 1.78. The van der Waals surface area contributed by atoms with Crippen LogP contribution in [0.25, 0.3) is 0 Å². The van der Waals surface area contributed by atoms with Crippen LogP contribution in [0, 0.1) is 13.8 Å². The molecule has 0 aliphatic rings. The van der Waals surface area contributed by atoms with Gasteiger partial charge in [0.2, 0.25) is 10.0 Å². The number of carbonyl (C=O) groups is 1. The number of rotatable bonds is 8. The van der Waals surface area contributed by atoms with Crippen LogP contribution < -0.4 is 14.4 Å². The van der Waals surface area contributed by atoms with Crippen LogP contribution in [0.15, 0.2) is 66.7 Å². The Labute approximate surface area is 196 Å².